The molecule has 0 spiro atoms. The lowest BCUT2D eigenvalue weighted by atomic mass is 9.99. The minimum absolute atomic E-state index is 0.00261. The Hall–Kier alpha value is -2.33. The van der Waals surface area contributed by atoms with Crippen molar-refractivity contribution in [2.24, 2.45) is 7.05 Å². The fourth-order valence-electron chi connectivity index (χ4n) is 3.35. The fourth-order valence-corrected chi connectivity index (χ4v) is 5.20. The van der Waals surface area contributed by atoms with Crippen LogP contribution in [0.4, 0.5) is 5.69 Å². The number of rotatable bonds is 4. The van der Waals surface area contributed by atoms with Gasteiger partial charge in [0.1, 0.15) is 12.2 Å². The summed E-state index contributed by atoms with van der Waals surface area (Å²) in [6, 6.07) is 2.55. The third kappa shape index (κ3) is 3.21. The number of piperidine rings is 1. The largest absolute Gasteiger partial charge is 0.320 e. The monoisotopic (exact) mass is 379 g/mol. The highest BCUT2D eigenvalue weighted by Gasteiger charge is 2.34. The molecule has 10 heteroatoms. The van der Waals surface area contributed by atoms with Crippen LogP contribution in [0.2, 0.25) is 0 Å². The summed E-state index contributed by atoms with van der Waals surface area (Å²) in [5, 5.41) is 19.1. The van der Waals surface area contributed by atoms with Gasteiger partial charge in [0, 0.05) is 38.2 Å². The fraction of sp³-hybridized carbons (Fsp3) is 0.500. The molecule has 2 aromatic rings. The second-order valence-corrected chi connectivity index (χ2v) is 8.55. The minimum atomic E-state index is -3.84. The topological polar surface area (TPSA) is 111 Å². The first-order valence-electron chi connectivity index (χ1n) is 8.31. The molecule has 1 aromatic carbocycles. The quantitative estimate of drug-likeness (QED) is 0.592. The number of nitrogens with zero attached hydrogens (tertiary/aromatic N) is 5. The summed E-state index contributed by atoms with van der Waals surface area (Å²) in [5.41, 5.74) is 0.907. The second kappa shape index (κ2) is 6.76. The van der Waals surface area contributed by atoms with Gasteiger partial charge in [-0.2, -0.15) is 4.31 Å². The van der Waals surface area contributed by atoms with Crippen molar-refractivity contribution < 1.29 is 13.3 Å². The van der Waals surface area contributed by atoms with E-state index in [4.69, 9.17) is 0 Å². The van der Waals surface area contributed by atoms with E-state index < -0.39 is 14.9 Å². The summed E-state index contributed by atoms with van der Waals surface area (Å²) < 4.78 is 29.6. The summed E-state index contributed by atoms with van der Waals surface area (Å²) in [6.07, 6.45) is 3.12. The molecule has 0 saturated carbocycles. The summed E-state index contributed by atoms with van der Waals surface area (Å²) in [6.45, 7) is 4.03. The Labute approximate surface area is 151 Å². The Morgan fingerprint density at radius 1 is 1.31 bits per heavy atom. The first-order valence-corrected chi connectivity index (χ1v) is 9.75. The van der Waals surface area contributed by atoms with Crippen molar-refractivity contribution in [2.45, 2.75) is 37.5 Å². The Kier molecular flexibility index (Phi) is 4.80. The van der Waals surface area contributed by atoms with E-state index >= 15 is 0 Å². The number of hydrogen-bond donors (Lipinski definition) is 0. The molecule has 26 heavy (non-hydrogen) atoms. The van der Waals surface area contributed by atoms with Crippen molar-refractivity contribution in [1.29, 1.82) is 0 Å². The van der Waals surface area contributed by atoms with Gasteiger partial charge in [0.25, 0.3) is 5.69 Å². The van der Waals surface area contributed by atoms with Crippen molar-refractivity contribution >= 4 is 15.7 Å². The SMILES string of the molecule is Cc1cc([N+](=O)[O-])cc(S(=O)(=O)N2CCC[C@@H](c3nncn3C)C2)c1C. The maximum Gasteiger partial charge on any atom is 0.271 e. The van der Waals surface area contributed by atoms with Crippen LogP contribution >= 0.6 is 0 Å². The number of sulfonamides is 1. The average molecular weight is 379 g/mol. The number of aryl methyl sites for hydroxylation is 2. The van der Waals surface area contributed by atoms with Crippen LogP contribution in [0, 0.1) is 24.0 Å². The highest BCUT2D eigenvalue weighted by Crippen LogP contribution is 2.32. The maximum atomic E-state index is 13.2. The maximum absolute atomic E-state index is 13.2. The zero-order chi connectivity index (χ0) is 19.1. The smallest absolute Gasteiger partial charge is 0.271 e. The highest BCUT2D eigenvalue weighted by atomic mass is 32.2. The summed E-state index contributed by atoms with van der Waals surface area (Å²) in [7, 11) is -2.01. The highest BCUT2D eigenvalue weighted by molar-refractivity contribution is 7.89. The van der Waals surface area contributed by atoms with E-state index in [1.54, 1.807) is 24.7 Å². The molecule has 0 radical (unpaired) electrons. The Bertz CT molecular complexity index is 954. The number of nitro groups is 1. The number of nitro benzene ring substituents is 1. The lowest BCUT2D eigenvalue weighted by molar-refractivity contribution is -0.385. The van der Waals surface area contributed by atoms with Crippen LogP contribution < -0.4 is 0 Å². The zero-order valence-electron chi connectivity index (χ0n) is 14.9. The van der Waals surface area contributed by atoms with Crippen LogP contribution in [-0.2, 0) is 17.1 Å². The predicted molar refractivity (Wildman–Crippen MR) is 94.3 cm³/mol. The van der Waals surface area contributed by atoms with Gasteiger partial charge in [-0.3, -0.25) is 10.1 Å². The lowest BCUT2D eigenvalue weighted by Gasteiger charge is -2.31. The molecule has 1 fully saturated rings. The normalized spacial score (nSPS) is 18.8. The van der Waals surface area contributed by atoms with Crippen molar-refractivity contribution in [3.63, 3.8) is 0 Å². The molecule has 140 valence electrons. The van der Waals surface area contributed by atoms with Crippen molar-refractivity contribution in [2.75, 3.05) is 13.1 Å². The molecule has 0 bridgehead atoms. The van der Waals surface area contributed by atoms with Crippen LogP contribution in [0.1, 0.15) is 35.7 Å². The van der Waals surface area contributed by atoms with Crippen molar-refractivity contribution in [1.82, 2.24) is 19.1 Å². The zero-order valence-corrected chi connectivity index (χ0v) is 15.7. The van der Waals surface area contributed by atoms with Crippen LogP contribution in [0.3, 0.4) is 0 Å². The summed E-state index contributed by atoms with van der Waals surface area (Å²) in [5.74, 6) is 0.697. The molecule has 3 rings (SSSR count). The molecular weight excluding hydrogens is 358 g/mol. The van der Waals surface area contributed by atoms with E-state index in [2.05, 4.69) is 10.2 Å². The average Bonchev–Trinajstić information content (AvgIpc) is 3.03. The van der Waals surface area contributed by atoms with Gasteiger partial charge in [0.15, 0.2) is 0 Å². The Morgan fingerprint density at radius 3 is 2.65 bits per heavy atom. The van der Waals surface area contributed by atoms with Gasteiger partial charge in [0.05, 0.1) is 9.82 Å². The molecule has 1 saturated heterocycles. The van der Waals surface area contributed by atoms with Gasteiger partial charge in [0.2, 0.25) is 10.0 Å². The molecule has 1 atom stereocenters. The Morgan fingerprint density at radius 2 is 2.04 bits per heavy atom. The number of hydrogen-bond acceptors (Lipinski definition) is 6. The van der Waals surface area contributed by atoms with Gasteiger partial charge in [-0.25, -0.2) is 8.42 Å². The molecule has 0 N–H and O–H groups in total. The Balaban J connectivity index is 1.98. The van der Waals surface area contributed by atoms with Crippen LogP contribution in [0.5, 0.6) is 0 Å². The third-order valence-electron chi connectivity index (χ3n) is 4.93. The van der Waals surface area contributed by atoms with E-state index in [9.17, 15) is 18.5 Å². The molecule has 0 amide bonds. The number of benzene rings is 1. The van der Waals surface area contributed by atoms with Crippen LogP contribution in [0.25, 0.3) is 0 Å². The van der Waals surface area contributed by atoms with Gasteiger partial charge < -0.3 is 4.57 Å². The number of aromatic nitrogens is 3. The van der Waals surface area contributed by atoms with Crippen molar-refractivity contribution in [3.8, 4) is 0 Å². The van der Waals surface area contributed by atoms with Gasteiger partial charge in [-0.1, -0.05) is 0 Å². The molecular formula is C16H21N5O4S. The van der Waals surface area contributed by atoms with Crippen LogP contribution in [-0.4, -0.2) is 45.5 Å². The molecule has 0 unspecified atom stereocenters. The van der Waals surface area contributed by atoms with Crippen LogP contribution in [0.15, 0.2) is 23.4 Å². The molecule has 2 heterocycles. The van der Waals surface area contributed by atoms with E-state index in [-0.39, 0.29) is 23.0 Å². The molecule has 9 nitrogen and oxygen atoms in total. The third-order valence-corrected chi connectivity index (χ3v) is 6.92. The summed E-state index contributed by atoms with van der Waals surface area (Å²) in [4.78, 5) is 10.6. The lowest BCUT2D eigenvalue weighted by Crippen LogP contribution is -2.40. The predicted octanol–water partition coefficient (Wildman–Crippen LogP) is 1.91. The number of non-ortho nitro benzene ring substituents is 1. The van der Waals surface area contributed by atoms with E-state index in [1.165, 1.54) is 10.4 Å². The first-order chi connectivity index (χ1) is 12.2. The van der Waals surface area contributed by atoms with E-state index in [0.29, 0.717) is 24.1 Å². The standard InChI is InChI=1S/C16H21N5O4S/c1-11-7-14(21(22)23)8-15(12(11)2)26(24,25)20-6-4-5-13(9-20)16-18-17-10-19(16)3/h7-8,10,13H,4-6,9H2,1-3H3/t13-/m1/s1. The van der Waals surface area contributed by atoms with Gasteiger partial charge >= 0.3 is 0 Å². The molecule has 1 aliphatic rings. The van der Waals surface area contributed by atoms with E-state index in [1.807, 2.05) is 7.05 Å². The first kappa shape index (κ1) is 18.5. The molecule has 1 aliphatic heterocycles. The minimum Gasteiger partial charge on any atom is -0.320 e. The van der Waals surface area contributed by atoms with Gasteiger partial charge in [-0.15, -0.1) is 10.2 Å². The van der Waals surface area contributed by atoms with E-state index in [0.717, 1.165) is 18.3 Å². The van der Waals surface area contributed by atoms with Crippen molar-refractivity contribution in [3.05, 3.63) is 45.5 Å². The summed E-state index contributed by atoms with van der Waals surface area (Å²) >= 11 is 0. The molecule has 1 aromatic heterocycles. The van der Waals surface area contributed by atoms with Gasteiger partial charge in [-0.05, 0) is 37.8 Å². The molecule has 0 aliphatic carbocycles. The second-order valence-electron chi connectivity index (χ2n) is 6.65.